The first-order valence-corrected chi connectivity index (χ1v) is 10.6. The van der Waals surface area contributed by atoms with Crippen LogP contribution in [0.4, 0.5) is 4.79 Å². The number of nitrogens with one attached hydrogen (secondary N) is 2. The van der Waals surface area contributed by atoms with Crippen molar-refractivity contribution in [2.75, 3.05) is 20.3 Å². The Hall–Kier alpha value is -3.55. The van der Waals surface area contributed by atoms with Gasteiger partial charge in [0.1, 0.15) is 12.1 Å². The second-order valence-electron chi connectivity index (χ2n) is 7.78. The lowest BCUT2D eigenvalue weighted by Crippen LogP contribution is -2.43. The predicted molar refractivity (Wildman–Crippen MR) is 119 cm³/mol. The van der Waals surface area contributed by atoms with Gasteiger partial charge >= 0.3 is 6.03 Å². The van der Waals surface area contributed by atoms with Crippen LogP contribution >= 0.6 is 0 Å². The summed E-state index contributed by atoms with van der Waals surface area (Å²) in [5.74, 6) is 0.336. The summed E-state index contributed by atoms with van der Waals surface area (Å²) in [6.07, 6.45) is 1.99. The summed E-state index contributed by atoms with van der Waals surface area (Å²) >= 11 is 0. The monoisotopic (exact) mass is 439 g/mol. The highest BCUT2D eigenvalue weighted by molar-refractivity contribution is 6.09. The van der Waals surface area contributed by atoms with Crippen LogP contribution in [0.1, 0.15) is 37.8 Å². The van der Waals surface area contributed by atoms with Crippen molar-refractivity contribution in [3.05, 3.63) is 59.7 Å². The normalized spacial score (nSPS) is 17.8. The lowest BCUT2D eigenvalue weighted by molar-refractivity contribution is -0.134. The molecule has 1 fully saturated rings. The highest BCUT2D eigenvalue weighted by atomic mass is 16.5. The fourth-order valence-electron chi connectivity index (χ4n) is 3.48. The molecule has 0 saturated carbocycles. The minimum atomic E-state index is -1.19. The van der Waals surface area contributed by atoms with Gasteiger partial charge in [0.25, 0.3) is 5.91 Å². The standard InChI is InChI=1S/C24H29N3O5/c1-4-5-13-32-19-12-11-17(14-20(19)31-3)15-25-21(28)16-27-22(29)24(2,26-23(27)30)18-9-7-6-8-10-18/h6-12,14H,4-5,13,15-16H2,1-3H3,(H,25,28)(H,26,30). The second-order valence-corrected chi connectivity index (χ2v) is 7.78. The summed E-state index contributed by atoms with van der Waals surface area (Å²) in [5, 5.41) is 5.44. The topological polar surface area (TPSA) is 97.0 Å². The number of ether oxygens (including phenoxy) is 2. The van der Waals surface area contributed by atoms with E-state index in [2.05, 4.69) is 17.6 Å². The smallest absolute Gasteiger partial charge is 0.325 e. The van der Waals surface area contributed by atoms with Crippen LogP contribution < -0.4 is 20.1 Å². The van der Waals surface area contributed by atoms with Crippen LogP contribution in [0.2, 0.25) is 0 Å². The molecule has 2 N–H and O–H groups in total. The Balaban J connectivity index is 1.59. The Labute approximate surface area is 187 Å². The summed E-state index contributed by atoms with van der Waals surface area (Å²) < 4.78 is 11.1. The molecule has 2 aromatic carbocycles. The van der Waals surface area contributed by atoms with E-state index < -0.39 is 23.4 Å². The molecule has 0 radical (unpaired) electrons. The van der Waals surface area contributed by atoms with Crippen LogP contribution in [0.15, 0.2) is 48.5 Å². The molecular weight excluding hydrogens is 410 g/mol. The molecule has 0 aromatic heterocycles. The van der Waals surface area contributed by atoms with Gasteiger partial charge < -0.3 is 20.1 Å². The van der Waals surface area contributed by atoms with Crippen molar-refractivity contribution >= 4 is 17.8 Å². The van der Waals surface area contributed by atoms with E-state index in [1.165, 1.54) is 0 Å². The number of hydrogen-bond donors (Lipinski definition) is 2. The van der Waals surface area contributed by atoms with Crippen LogP contribution in [0.5, 0.6) is 11.5 Å². The van der Waals surface area contributed by atoms with Crippen molar-refractivity contribution in [2.45, 2.75) is 38.8 Å². The molecule has 3 rings (SSSR count). The molecule has 0 spiro atoms. The van der Waals surface area contributed by atoms with Gasteiger partial charge in [-0.2, -0.15) is 0 Å². The largest absolute Gasteiger partial charge is 0.493 e. The first-order valence-electron chi connectivity index (χ1n) is 10.6. The van der Waals surface area contributed by atoms with Gasteiger partial charge in [-0.05, 0) is 36.6 Å². The van der Waals surface area contributed by atoms with E-state index in [1.807, 2.05) is 12.1 Å². The quantitative estimate of drug-likeness (QED) is 0.438. The van der Waals surface area contributed by atoms with Gasteiger partial charge in [-0.15, -0.1) is 0 Å². The van der Waals surface area contributed by atoms with Crippen molar-refractivity contribution in [2.24, 2.45) is 0 Å². The highest BCUT2D eigenvalue weighted by Gasteiger charge is 2.49. The number of nitrogens with zero attached hydrogens (tertiary/aromatic N) is 1. The van der Waals surface area contributed by atoms with Crippen LogP contribution in [-0.2, 0) is 21.7 Å². The first kappa shape index (κ1) is 23.1. The maximum absolute atomic E-state index is 12.9. The van der Waals surface area contributed by atoms with Gasteiger partial charge in [-0.3, -0.25) is 14.5 Å². The number of imide groups is 1. The van der Waals surface area contributed by atoms with Crippen molar-refractivity contribution < 1.29 is 23.9 Å². The molecule has 170 valence electrons. The number of carbonyl (C=O) groups excluding carboxylic acids is 3. The minimum Gasteiger partial charge on any atom is -0.493 e. The zero-order valence-electron chi connectivity index (χ0n) is 18.6. The fraction of sp³-hybridized carbons (Fsp3) is 0.375. The third-order valence-electron chi connectivity index (χ3n) is 5.40. The van der Waals surface area contributed by atoms with Gasteiger partial charge in [0.2, 0.25) is 5.91 Å². The first-order chi connectivity index (χ1) is 15.4. The van der Waals surface area contributed by atoms with E-state index in [0.29, 0.717) is 23.7 Å². The molecule has 8 heteroatoms. The SMILES string of the molecule is CCCCOc1ccc(CNC(=O)CN2C(=O)NC(C)(c3ccccc3)C2=O)cc1OC. The Morgan fingerprint density at radius 3 is 2.56 bits per heavy atom. The van der Waals surface area contributed by atoms with Crippen LogP contribution in [0, 0.1) is 0 Å². The summed E-state index contributed by atoms with van der Waals surface area (Å²) in [4.78, 5) is 38.7. The van der Waals surface area contributed by atoms with E-state index in [-0.39, 0.29) is 13.1 Å². The number of carbonyl (C=O) groups is 3. The molecule has 1 unspecified atom stereocenters. The van der Waals surface area contributed by atoms with E-state index in [4.69, 9.17) is 9.47 Å². The zero-order chi connectivity index (χ0) is 23.1. The molecule has 1 heterocycles. The molecular formula is C24H29N3O5. The number of urea groups is 1. The van der Waals surface area contributed by atoms with Gasteiger partial charge in [0, 0.05) is 6.54 Å². The fourth-order valence-corrected chi connectivity index (χ4v) is 3.48. The molecule has 8 nitrogen and oxygen atoms in total. The van der Waals surface area contributed by atoms with E-state index in [1.54, 1.807) is 50.4 Å². The second kappa shape index (κ2) is 10.2. The summed E-state index contributed by atoms with van der Waals surface area (Å²) in [6, 6.07) is 13.8. The van der Waals surface area contributed by atoms with Gasteiger partial charge in [-0.25, -0.2) is 4.79 Å². The van der Waals surface area contributed by atoms with Gasteiger partial charge in [0.05, 0.1) is 13.7 Å². The maximum Gasteiger partial charge on any atom is 0.325 e. The lowest BCUT2D eigenvalue weighted by atomic mass is 9.92. The third kappa shape index (κ3) is 5.01. The average molecular weight is 440 g/mol. The number of methoxy groups -OCH3 is 1. The predicted octanol–water partition coefficient (Wildman–Crippen LogP) is 2.96. The number of rotatable bonds is 10. The lowest BCUT2D eigenvalue weighted by Gasteiger charge is -2.22. The maximum atomic E-state index is 12.9. The summed E-state index contributed by atoms with van der Waals surface area (Å²) in [5.41, 5.74) is 0.276. The van der Waals surface area contributed by atoms with Crippen molar-refractivity contribution in [3.8, 4) is 11.5 Å². The minimum absolute atomic E-state index is 0.226. The van der Waals surface area contributed by atoms with Crippen molar-refractivity contribution in [1.29, 1.82) is 0 Å². The number of hydrogen-bond acceptors (Lipinski definition) is 5. The zero-order valence-corrected chi connectivity index (χ0v) is 18.6. The molecule has 4 amide bonds. The van der Waals surface area contributed by atoms with Crippen LogP contribution in [0.25, 0.3) is 0 Å². The molecule has 1 aliphatic rings. The molecule has 1 atom stereocenters. The Bertz CT molecular complexity index is 979. The molecule has 1 saturated heterocycles. The van der Waals surface area contributed by atoms with Gasteiger partial charge in [0.15, 0.2) is 11.5 Å². The molecule has 2 aromatic rings. The van der Waals surface area contributed by atoms with Crippen LogP contribution in [-0.4, -0.2) is 43.0 Å². The summed E-state index contributed by atoms with van der Waals surface area (Å²) in [7, 11) is 1.56. The Morgan fingerprint density at radius 2 is 1.88 bits per heavy atom. The number of benzene rings is 2. The third-order valence-corrected chi connectivity index (χ3v) is 5.40. The van der Waals surface area contributed by atoms with E-state index >= 15 is 0 Å². The number of amides is 4. The Kier molecular flexibility index (Phi) is 7.35. The average Bonchev–Trinajstić information content (AvgIpc) is 3.02. The van der Waals surface area contributed by atoms with Gasteiger partial charge in [-0.1, -0.05) is 49.7 Å². The number of unbranched alkanes of at least 4 members (excludes halogenated alkanes) is 1. The van der Waals surface area contributed by atoms with E-state index in [0.717, 1.165) is 23.3 Å². The van der Waals surface area contributed by atoms with Crippen molar-refractivity contribution in [3.63, 3.8) is 0 Å². The molecule has 0 bridgehead atoms. The Morgan fingerprint density at radius 1 is 1.12 bits per heavy atom. The summed E-state index contributed by atoms with van der Waals surface area (Å²) in [6.45, 7) is 4.20. The van der Waals surface area contributed by atoms with Crippen LogP contribution in [0.3, 0.4) is 0 Å². The molecule has 32 heavy (non-hydrogen) atoms. The molecule has 1 aliphatic heterocycles. The highest BCUT2D eigenvalue weighted by Crippen LogP contribution is 2.29. The molecule has 0 aliphatic carbocycles. The van der Waals surface area contributed by atoms with E-state index in [9.17, 15) is 14.4 Å². The van der Waals surface area contributed by atoms with Crippen molar-refractivity contribution in [1.82, 2.24) is 15.5 Å².